The van der Waals surface area contributed by atoms with Gasteiger partial charge in [0, 0.05) is 12.8 Å². The molecule has 0 saturated heterocycles. The first-order chi connectivity index (χ1) is 33.5. The number of aliphatic hydroxyl groups is 2. The maximum atomic E-state index is 12.5. The van der Waals surface area contributed by atoms with Crippen LogP contribution in [0.3, 0.4) is 0 Å². The molecule has 0 aromatic rings. The third-order valence-corrected chi connectivity index (χ3v) is 14.6. The number of amides is 1. The van der Waals surface area contributed by atoms with Gasteiger partial charge in [-0.15, -0.1) is 0 Å². The van der Waals surface area contributed by atoms with E-state index in [1.165, 1.54) is 270 Å². The van der Waals surface area contributed by atoms with Crippen molar-refractivity contribution >= 4 is 11.9 Å². The lowest BCUT2D eigenvalue weighted by Crippen LogP contribution is -2.45. The molecular weight excluding hydrogens is 839 g/mol. The smallest absolute Gasteiger partial charge is 0.305 e. The van der Waals surface area contributed by atoms with E-state index in [1.807, 2.05) is 0 Å². The number of nitrogens with one attached hydrogen (secondary N) is 1. The molecule has 0 radical (unpaired) electrons. The van der Waals surface area contributed by atoms with E-state index >= 15 is 0 Å². The zero-order valence-electron chi connectivity index (χ0n) is 46.1. The summed E-state index contributed by atoms with van der Waals surface area (Å²) in [5.74, 6) is -0.0268. The molecule has 0 rings (SSSR count). The maximum absolute atomic E-state index is 12.5. The summed E-state index contributed by atoms with van der Waals surface area (Å²) < 4.78 is 5.47. The Hall–Kier alpha value is -1.40. The molecule has 404 valence electrons. The van der Waals surface area contributed by atoms with Crippen LogP contribution in [0.15, 0.2) is 12.2 Å². The Balaban J connectivity index is 3.37. The van der Waals surface area contributed by atoms with E-state index in [-0.39, 0.29) is 18.5 Å². The van der Waals surface area contributed by atoms with Crippen LogP contribution in [0, 0.1) is 0 Å². The molecule has 0 aliphatic carbocycles. The number of aliphatic hydroxyl groups excluding tert-OH is 2. The van der Waals surface area contributed by atoms with Gasteiger partial charge in [0.25, 0.3) is 0 Å². The van der Waals surface area contributed by atoms with E-state index < -0.39 is 12.1 Å². The van der Waals surface area contributed by atoms with E-state index in [9.17, 15) is 19.8 Å². The Morgan fingerprint density at radius 1 is 0.397 bits per heavy atom. The predicted molar refractivity (Wildman–Crippen MR) is 297 cm³/mol. The van der Waals surface area contributed by atoms with Crippen molar-refractivity contribution in [3.05, 3.63) is 12.2 Å². The highest BCUT2D eigenvalue weighted by molar-refractivity contribution is 5.76. The first-order valence-corrected chi connectivity index (χ1v) is 30.9. The van der Waals surface area contributed by atoms with Crippen molar-refractivity contribution in [2.45, 2.75) is 360 Å². The third-order valence-electron chi connectivity index (χ3n) is 14.6. The van der Waals surface area contributed by atoms with Crippen LogP contribution in [0.5, 0.6) is 0 Å². The van der Waals surface area contributed by atoms with Gasteiger partial charge >= 0.3 is 5.97 Å². The summed E-state index contributed by atoms with van der Waals surface area (Å²) in [4.78, 5) is 24.5. The molecular formula is C62H121NO5. The van der Waals surface area contributed by atoms with Gasteiger partial charge in [-0.3, -0.25) is 9.59 Å². The number of unbranched alkanes of at least 4 members (excludes halogenated alkanes) is 45. The summed E-state index contributed by atoms with van der Waals surface area (Å²) in [5.41, 5.74) is 0. The lowest BCUT2D eigenvalue weighted by atomic mass is 10.0. The fourth-order valence-corrected chi connectivity index (χ4v) is 9.81. The topological polar surface area (TPSA) is 95.9 Å². The second-order valence-electron chi connectivity index (χ2n) is 21.4. The van der Waals surface area contributed by atoms with Crippen molar-refractivity contribution in [2.24, 2.45) is 0 Å². The lowest BCUT2D eigenvalue weighted by Gasteiger charge is -2.22. The Bertz CT molecular complexity index is 1020. The monoisotopic (exact) mass is 960 g/mol. The van der Waals surface area contributed by atoms with E-state index in [2.05, 4.69) is 31.3 Å². The number of hydrogen-bond donors (Lipinski definition) is 3. The van der Waals surface area contributed by atoms with Crippen LogP contribution in [-0.2, 0) is 14.3 Å². The number of allylic oxidation sites excluding steroid dienone is 2. The van der Waals surface area contributed by atoms with Crippen LogP contribution in [-0.4, -0.2) is 47.4 Å². The minimum absolute atomic E-state index is 0.00492. The van der Waals surface area contributed by atoms with Crippen LogP contribution >= 0.6 is 0 Å². The second kappa shape index (κ2) is 58.2. The van der Waals surface area contributed by atoms with Gasteiger partial charge in [0.2, 0.25) is 5.91 Å². The number of carbonyl (C=O) groups excluding carboxylic acids is 2. The molecule has 0 fully saturated rings. The van der Waals surface area contributed by atoms with Gasteiger partial charge in [-0.05, 0) is 51.4 Å². The Kier molecular flexibility index (Phi) is 57.0. The van der Waals surface area contributed by atoms with Crippen LogP contribution < -0.4 is 5.32 Å². The molecule has 68 heavy (non-hydrogen) atoms. The van der Waals surface area contributed by atoms with Crippen LogP contribution in [0.2, 0.25) is 0 Å². The molecule has 3 N–H and O–H groups in total. The van der Waals surface area contributed by atoms with Crippen molar-refractivity contribution in [1.29, 1.82) is 0 Å². The number of ether oxygens (including phenoxy) is 1. The fraction of sp³-hybridized carbons (Fsp3) is 0.935. The average Bonchev–Trinajstić information content (AvgIpc) is 3.34. The zero-order chi connectivity index (χ0) is 49.3. The van der Waals surface area contributed by atoms with Gasteiger partial charge in [-0.25, -0.2) is 0 Å². The molecule has 0 spiro atoms. The predicted octanol–water partition coefficient (Wildman–Crippen LogP) is 19.2. The van der Waals surface area contributed by atoms with Gasteiger partial charge in [-0.1, -0.05) is 296 Å². The minimum Gasteiger partial charge on any atom is -0.466 e. The summed E-state index contributed by atoms with van der Waals surface area (Å²) in [5, 5.41) is 23.3. The Morgan fingerprint density at radius 2 is 0.691 bits per heavy atom. The van der Waals surface area contributed by atoms with Crippen molar-refractivity contribution in [2.75, 3.05) is 13.2 Å². The van der Waals surface area contributed by atoms with Gasteiger partial charge < -0.3 is 20.3 Å². The van der Waals surface area contributed by atoms with Crippen LogP contribution in [0.25, 0.3) is 0 Å². The standard InChI is InChI=1S/C62H121NO5/c1-3-5-7-9-11-13-15-17-18-28-31-34-38-42-46-50-54-60(65)59(58-64)63-61(66)55-51-47-43-39-35-32-29-26-24-22-20-19-21-23-25-27-30-33-37-41-45-49-53-57-68-62(67)56-52-48-44-40-36-16-14-12-10-8-6-4-2/h12,14,59-60,64-65H,3-11,13,15-58H2,1-2H3,(H,63,66)/b14-12-. The summed E-state index contributed by atoms with van der Waals surface area (Å²) in [6.45, 7) is 4.95. The van der Waals surface area contributed by atoms with E-state index in [4.69, 9.17) is 4.74 Å². The molecule has 2 unspecified atom stereocenters. The molecule has 0 bridgehead atoms. The van der Waals surface area contributed by atoms with Gasteiger partial charge in [0.1, 0.15) is 0 Å². The van der Waals surface area contributed by atoms with E-state index in [0.29, 0.717) is 25.9 Å². The summed E-state index contributed by atoms with van der Waals surface area (Å²) in [6, 6.07) is -0.540. The molecule has 1 amide bonds. The summed E-state index contributed by atoms with van der Waals surface area (Å²) in [7, 11) is 0. The van der Waals surface area contributed by atoms with Crippen molar-refractivity contribution in [3.63, 3.8) is 0 Å². The largest absolute Gasteiger partial charge is 0.466 e. The molecule has 0 aliphatic rings. The average molecular weight is 961 g/mol. The SMILES string of the molecule is CCCCC/C=C\CCCCCCCC(=O)OCCCCCCCCCCCCCCCCCCCCCCCCCC(=O)NC(CO)C(O)CCCCCCCCCCCCCCCCCC. The minimum atomic E-state index is -0.663. The normalized spacial score (nSPS) is 12.6. The highest BCUT2D eigenvalue weighted by atomic mass is 16.5. The van der Waals surface area contributed by atoms with Crippen molar-refractivity contribution in [3.8, 4) is 0 Å². The van der Waals surface area contributed by atoms with E-state index in [0.717, 1.165) is 44.9 Å². The number of esters is 1. The highest BCUT2D eigenvalue weighted by Gasteiger charge is 2.20. The number of carbonyl (C=O) groups is 2. The van der Waals surface area contributed by atoms with Crippen molar-refractivity contribution in [1.82, 2.24) is 5.32 Å². The molecule has 0 saturated carbocycles. The van der Waals surface area contributed by atoms with E-state index in [1.54, 1.807) is 0 Å². The first-order valence-electron chi connectivity index (χ1n) is 30.9. The summed E-state index contributed by atoms with van der Waals surface area (Å²) >= 11 is 0. The zero-order valence-corrected chi connectivity index (χ0v) is 46.1. The highest BCUT2D eigenvalue weighted by Crippen LogP contribution is 2.18. The first kappa shape index (κ1) is 66.6. The quantitative estimate of drug-likeness (QED) is 0.0321. The molecule has 0 aromatic carbocycles. The van der Waals surface area contributed by atoms with Crippen LogP contribution in [0.1, 0.15) is 348 Å². The van der Waals surface area contributed by atoms with Gasteiger partial charge in [0.15, 0.2) is 0 Å². The molecule has 2 atom stereocenters. The van der Waals surface area contributed by atoms with Gasteiger partial charge in [0.05, 0.1) is 25.4 Å². The third kappa shape index (κ3) is 53.9. The van der Waals surface area contributed by atoms with Gasteiger partial charge in [-0.2, -0.15) is 0 Å². The summed E-state index contributed by atoms with van der Waals surface area (Å²) in [6.07, 6.45) is 69.3. The number of hydrogen-bond acceptors (Lipinski definition) is 5. The molecule has 0 heterocycles. The lowest BCUT2D eigenvalue weighted by molar-refractivity contribution is -0.143. The maximum Gasteiger partial charge on any atom is 0.305 e. The Morgan fingerprint density at radius 3 is 1.07 bits per heavy atom. The molecule has 0 aromatic heterocycles. The number of rotatable bonds is 58. The molecule has 6 nitrogen and oxygen atoms in total. The Labute approximate surface area is 425 Å². The van der Waals surface area contributed by atoms with Crippen LogP contribution in [0.4, 0.5) is 0 Å². The molecule has 6 heteroatoms. The molecule has 0 aliphatic heterocycles. The van der Waals surface area contributed by atoms with Crippen molar-refractivity contribution < 1.29 is 24.5 Å². The fourth-order valence-electron chi connectivity index (χ4n) is 9.81. The second-order valence-corrected chi connectivity index (χ2v) is 21.4.